The van der Waals surface area contributed by atoms with Crippen LogP contribution in [0.25, 0.3) is 0 Å². The van der Waals surface area contributed by atoms with Crippen molar-refractivity contribution in [3.63, 3.8) is 0 Å². The second kappa shape index (κ2) is 5.99. The molecular formula is C17H22N2O3. The predicted octanol–water partition coefficient (Wildman–Crippen LogP) is 2.36. The molecule has 2 fully saturated rings. The number of carbonyl (C=O) groups excluding carboxylic acids is 1. The summed E-state index contributed by atoms with van der Waals surface area (Å²) < 4.78 is 0. The highest BCUT2D eigenvalue weighted by molar-refractivity contribution is 5.79. The van der Waals surface area contributed by atoms with Gasteiger partial charge in [-0.3, -0.25) is 4.79 Å². The van der Waals surface area contributed by atoms with Gasteiger partial charge in [-0.05, 0) is 43.2 Å². The third kappa shape index (κ3) is 3.40. The number of benzene rings is 1. The van der Waals surface area contributed by atoms with Crippen LogP contribution in [0.4, 0.5) is 4.79 Å². The van der Waals surface area contributed by atoms with E-state index in [9.17, 15) is 9.59 Å². The molecule has 22 heavy (non-hydrogen) atoms. The van der Waals surface area contributed by atoms with Gasteiger partial charge in [0.1, 0.15) is 0 Å². The van der Waals surface area contributed by atoms with Gasteiger partial charge in [-0.25, -0.2) is 4.79 Å². The Morgan fingerprint density at radius 2 is 1.95 bits per heavy atom. The van der Waals surface area contributed by atoms with Crippen LogP contribution in [0.5, 0.6) is 0 Å². The van der Waals surface area contributed by atoms with Gasteiger partial charge in [0.15, 0.2) is 0 Å². The highest BCUT2D eigenvalue weighted by Crippen LogP contribution is 2.39. The Balaban J connectivity index is 1.51. The molecular weight excluding hydrogens is 280 g/mol. The minimum Gasteiger partial charge on any atom is -0.465 e. The summed E-state index contributed by atoms with van der Waals surface area (Å²) in [7, 11) is 0. The summed E-state index contributed by atoms with van der Waals surface area (Å²) in [4.78, 5) is 24.5. The molecule has 2 N–H and O–H groups in total. The Morgan fingerprint density at radius 1 is 1.27 bits per heavy atom. The second-order valence-corrected chi connectivity index (χ2v) is 6.48. The Bertz CT molecular complexity index is 566. The summed E-state index contributed by atoms with van der Waals surface area (Å²) in [5.41, 5.74) is 2.37. The van der Waals surface area contributed by atoms with Crippen molar-refractivity contribution in [2.45, 2.75) is 50.6 Å². The highest BCUT2D eigenvalue weighted by Gasteiger charge is 2.33. The number of amides is 2. The number of carbonyl (C=O) groups is 2. The number of nitrogens with one attached hydrogen (secondary N) is 1. The third-order valence-electron chi connectivity index (χ3n) is 4.58. The quantitative estimate of drug-likeness (QED) is 0.897. The zero-order chi connectivity index (χ0) is 15.7. The van der Waals surface area contributed by atoms with Crippen LogP contribution in [0.3, 0.4) is 0 Å². The Kier molecular flexibility index (Phi) is 4.05. The van der Waals surface area contributed by atoms with Gasteiger partial charge in [-0.15, -0.1) is 0 Å². The number of hydrogen-bond acceptors (Lipinski definition) is 2. The number of likely N-dealkylation sites (tertiary alicyclic amines) is 1. The molecule has 0 radical (unpaired) electrons. The average Bonchev–Trinajstić information content (AvgIpc) is 3.24. The van der Waals surface area contributed by atoms with Gasteiger partial charge < -0.3 is 15.3 Å². The minimum atomic E-state index is -0.917. The lowest BCUT2D eigenvalue weighted by Gasteiger charge is -2.16. The fraction of sp³-hybridized carbons (Fsp3) is 0.529. The first kappa shape index (κ1) is 14.9. The zero-order valence-electron chi connectivity index (χ0n) is 12.8. The van der Waals surface area contributed by atoms with Crippen molar-refractivity contribution in [2.75, 3.05) is 6.54 Å². The first-order valence-corrected chi connectivity index (χ1v) is 7.90. The summed E-state index contributed by atoms with van der Waals surface area (Å²) in [5, 5.41) is 12.0. The molecule has 1 aliphatic carbocycles. The Labute approximate surface area is 130 Å². The van der Waals surface area contributed by atoms with E-state index in [0.29, 0.717) is 19.4 Å². The van der Waals surface area contributed by atoms with E-state index in [4.69, 9.17) is 5.11 Å². The van der Waals surface area contributed by atoms with E-state index in [1.54, 1.807) is 0 Å². The summed E-state index contributed by atoms with van der Waals surface area (Å²) in [5.74, 6) is 0.688. The maximum absolute atomic E-state index is 12.1. The molecule has 3 rings (SSSR count). The van der Waals surface area contributed by atoms with Crippen molar-refractivity contribution in [3.05, 3.63) is 35.4 Å². The van der Waals surface area contributed by atoms with Gasteiger partial charge in [0.2, 0.25) is 5.91 Å². The SMILES string of the molecule is C[C@H]1C[C@@H](NC(=O)Cc2ccc(C3CC3)cc2)CN1C(=O)O. The normalized spacial score (nSPS) is 24.3. The van der Waals surface area contributed by atoms with Gasteiger partial charge in [-0.1, -0.05) is 24.3 Å². The molecule has 1 aromatic rings. The largest absolute Gasteiger partial charge is 0.465 e. The van der Waals surface area contributed by atoms with Crippen molar-refractivity contribution in [1.82, 2.24) is 10.2 Å². The van der Waals surface area contributed by atoms with Crippen molar-refractivity contribution < 1.29 is 14.7 Å². The molecule has 5 heteroatoms. The van der Waals surface area contributed by atoms with Crippen LogP contribution >= 0.6 is 0 Å². The van der Waals surface area contributed by atoms with Crippen LogP contribution in [-0.4, -0.2) is 40.6 Å². The molecule has 0 spiro atoms. The zero-order valence-corrected chi connectivity index (χ0v) is 12.8. The first-order chi connectivity index (χ1) is 10.5. The molecule has 1 aromatic carbocycles. The molecule has 1 saturated carbocycles. The Hall–Kier alpha value is -2.04. The van der Waals surface area contributed by atoms with Crippen LogP contribution < -0.4 is 5.32 Å². The maximum atomic E-state index is 12.1. The van der Waals surface area contributed by atoms with Crippen molar-refractivity contribution >= 4 is 12.0 Å². The standard InChI is InChI=1S/C17H22N2O3/c1-11-8-15(10-19(11)17(21)22)18-16(20)9-12-2-4-13(5-3-12)14-6-7-14/h2-5,11,14-15H,6-10H2,1H3,(H,18,20)(H,21,22)/t11-,15+/m0/s1. The van der Waals surface area contributed by atoms with Gasteiger partial charge in [0, 0.05) is 18.6 Å². The smallest absolute Gasteiger partial charge is 0.407 e. The monoisotopic (exact) mass is 302 g/mol. The molecule has 0 unspecified atom stereocenters. The molecule has 2 amide bonds. The number of carboxylic acid groups (broad SMARTS) is 1. The van der Waals surface area contributed by atoms with E-state index in [1.807, 2.05) is 19.1 Å². The van der Waals surface area contributed by atoms with Crippen molar-refractivity contribution in [3.8, 4) is 0 Å². The molecule has 5 nitrogen and oxygen atoms in total. The van der Waals surface area contributed by atoms with E-state index < -0.39 is 6.09 Å². The lowest BCUT2D eigenvalue weighted by atomic mass is 10.1. The van der Waals surface area contributed by atoms with Crippen LogP contribution in [0.15, 0.2) is 24.3 Å². The number of rotatable bonds is 4. The fourth-order valence-corrected chi connectivity index (χ4v) is 3.19. The molecule has 0 aromatic heterocycles. The van der Waals surface area contributed by atoms with Gasteiger partial charge in [0.25, 0.3) is 0 Å². The molecule has 1 heterocycles. The van der Waals surface area contributed by atoms with Crippen LogP contribution in [-0.2, 0) is 11.2 Å². The second-order valence-electron chi connectivity index (χ2n) is 6.48. The summed E-state index contributed by atoms with van der Waals surface area (Å²) in [6, 6.07) is 8.15. The molecule has 1 aliphatic heterocycles. The van der Waals surface area contributed by atoms with E-state index in [-0.39, 0.29) is 18.0 Å². The molecule has 1 saturated heterocycles. The highest BCUT2D eigenvalue weighted by atomic mass is 16.4. The number of hydrogen-bond donors (Lipinski definition) is 2. The van der Waals surface area contributed by atoms with E-state index in [0.717, 1.165) is 11.5 Å². The number of nitrogens with zero attached hydrogens (tertiary/aromatic N) is 1. The summed E-state index contributed by atoms with van der Waals surface area (Å²) in [6.07, 6.45) is 2.67. The average molecular weight is 302 g/mol. The van der Waals surface area contributed by atoms with E-state index >= 15 is 0 Å². The first-order valence-electron chi connectivity index (χ1n) is 7.90. The van der Waals surface area contributed by atoms with Gasteiger partial charge in [0.05, 0.1) is 6.42 Å². The minimum absolute atomic E-state index is 0.0383. The van der Waals surface area contributed by atoms with E-state index in [1.165, 1.54) is 23.3 Å². The summed E-state index contributed by atoms with van der Waals surface area (Å²) in [6.45, 7) is 2.25. The fourth-order valence-electron chi connectivity index (χ4n) is 3.19. The van der Waals surface area contributed by atoms with Gasteiger partial charge >= 0.3 is 6.09 Å². The Morgan fingerprint density at radius 3 is 2.50 bits per heavy atom. The molecule has 118 valence electrons. The van der Waals surface area contributed by atoms with E-state index in [2.05, 4.69) is 17.4 Å². The van der Waals surface area contributed by atoms with Crippen molar-refractivity contribution in [2.24, 2.45) is 0 Å². The molecule has 2 aliphatic rings. The molecule has 0 bridgehead atoms. The maximum Gasteiger partial charge on any atom is 0.407 e. The lowest BCUT2D eigenvalue weighted by Crippen LogP contribution is -2.39. The van der Waals surface area contributed by atoms with Crippen LogP contribution in [0.1, 0.15) is 43.2 Å². The van der Waals surface area contributed by atoms with Gasteiger partial charge in [-0.2, -0.15) is 0 Å². The molecule has 2 atom stereocenters. The lowest BCUT2D eigenvalue weighted by molar-refractivity contribution is -0.121. The van der Waals surface area contributed by atoms with Crippen LogP contribution in [0, 0.1) is 0 Å². The predicted molar refractivity (Wildman–Crippen MR) is 82.9 cm³/mol. The van der Waals surface area contributed by atoms with Crippen molar-refractivity contribution in [1.29, 1.82) is 0 Å². The van der Waals surface area contributed by atoms with Crippen LogP contribution in [0.2, 0.25) is 0 Å². The summed E-state index contributed by atoms with van der Waals surface area (Å²) >= 11 is 0. The third-order valence-corrected chi connectivity index (χ3v) is 4.58. The topological polar surface area (TPSA) is 69.6 Å².